The summed E-state index contributed by atoms with van der Waals surface area (Å²) in [7, 11) is -3.47. The van der Waals surface area contributed by atoms with Crippen molar-refractivity contribution in [3.05, 3.63) is 108 Å². The van der Waals surface area contributed by atoms with Gasteiger partial charge >= 0.3 is 0 Å². The lowest BCUT2D eigenvalue weighted by atomic mass is 10.1. The first-order chi connectivity index (χ1) is 22.2. The standard InChI is InChI=1S/C32H24FN9O3S/c1-46(44,45)37-14-18-9-20(11-22(33)10-18)28-30-25(7-8-35-28)39-31(40-30)29-24-13-26(36-17-27(24)41-42-29)21-12-23(16-34-15-21)38-32(43)19-5-3-2-4-6-19/h2-13,15-17,37H,14H2,1H3,(H,38,43)(H,39,40)(H,41,42). The number of anilines is 1. The van der Waals surface area contributed by atoms with Crippen molar-refractivity contribution in [2.24, 2.45) is 0 Å². The Morgan fingerprint density at radius 2 is 1.76 bits per heavy atom. The van der Waals surface area contributed by atoms with Crippen LogP contribution < -0.4 is 10.0 Å². The number of nitrogens with zero attached hydrogens (tertiary/aromatic N) is 5. The molecule has 1 amide bonds. The maximum absolute atomic E-state index is 14.6. The van der Waals surface area contributed by atoms with Gasteiger partial charge in [-0.1, -0.05) is 18.2 Å². The lowest BCUT2D eigenvalue weighted by molar-refractivity contribution is 0.102. The molecule has 0 aliphatic carbocycles. The number of amides is 1. The van der Waals surface area contributed by atoms with Crippen LogP contribution in [0.15, 0.2) is 91.5 Å². The number of carbonyl (C=O) groups is 1. The van der Waals surface area contributed by atoms with E-state index >= 15 is 0 Å². The fraction of sp³-hybridized carbons (Fsp3) is 0.0625. The fourth-order valence-electron chi connectivity index (χ4n) is 5.06. The Hall–Kier alpha value is -5.86. The number of H-pyrrole nitrogens is 2. The highest BCUT2D eigenvalue weighted by molar-refractivity contribution is 7.88. The van der Waals surface area contributed by atoms with E-state index < -0.39 is 15.8 Å². The number of benzene rings is 2. The molecule has 0 saturated heterocycles. The molecular formula is C32H24FN9O3S. The second-order valence-electron chi connectivity index (χ2n) is 10.6. The SMILES string of the molecule is CS(=O)(=O)NCc1cc(F)cc(-c2nccc3[nH]c(-c4n[nH]c5cnc(-c6cncc(NC(=O)c7ccccc7)c6)cc45)nc23)c1. The molecule has 0 bridgehead atoms. The van der Waals surface area contributed by atoms with Gasteiger partial charge in [-0.2, -0.15) is 5.10 Å². The predicted octanol–water partition coefficient (Wildman–Crippen LogP) is 5.07. The zero-order chi connectivity index (χ0) is 31.8. The normalized spacial score (nSPS) is 11.7. The first-order valence-corrected chi connectivity index (χ1v) is 15.8. The number of aromatic amines is 2. The van der Waals surface area contributed by atoms with Crippen LogP contribution in [0.3, 0.4) is 0 Å². The van der Waals surface area contributed by atoms with E-state index in [2.05, 4.69) is 40.2 Å². The number of hydrogen-bond acceptors (Lipinski definition) is 8. The summed E-state index contributed by atoms with van der Waals surface area (Å²) in [5, 5.41) is 11.1. The average Bonchev–Trinajstić information content (AvgIpc) is 3.68. The number of aromatic nitrogens is 7. The van der Waals surface area contributed by atoms with Crippen molar-refractivity contribution in [3.63, 3.8) is 0 Å². The third kappa shape index (κ3) is 5.94. The van der Waals surface area contributed by atoms with E-state index in [9.17, 15) is 17.6 Å². The molecule has 0 spiro atoms. The largest absolute Gasteiger partial charge is 0.336 e. The van der Waals surface area contributed by atoms with E-state index in [1.165, 1.54) is 12.1 Å². The van der Waals surface area contributed by atoms with Crippen LogP contribution in [0, 0.1) is 5.82 Å². The molecule has 7 aromatic rings. The number of sulfonamides is 1. The second kappa shape index (κ2) is 11.6. The Morgan fingerprint density at radius 3 is 2.59 bits per heavy atom. The minimum Gasteiger partial charge on any atom is -0.336 e. The molecular weight excluding hydrogens is 609 g/mol. The summed E-state index contributed by atoms with van der Waals surface area (Å²) in [4.78, 5) is 34.1. The van der Waals surface area contributed by atoms with E-state index in [1.54, 1.807) is 67.3 Å². The van der Waals surface area contributed by atoms with E-state index in [4.69, 9.17) is 4.98 Å². The predicted molar refractivity (Wildman–Crippen MR) is 171 cm³/mol. The maximum Gasteiger partial charge on any atom is 0.255 e. The molecule has 0 unspecified atom stereocenters. The van der Waals surface area contributed by atoms with Crippen LogP contribution in [-0.2, 0) is 16.6 Å². The Balaban J connectivity index is 1.22. The minimum atomic E-state index is -3.47. The summed E-state index contributed by atoms with van der Waals surface area (Å²) < 4.78 is 40.1. The van der Waals surface area contributed by atoms with Gasteiger partial charge in [-0.3, -0.25) is 24.8 Å². The summed E-state index contributed by atoms with van der Waals surface area (Å²) >= 11 is 0. The highest BCUT2D eigenvalue weighted by atomic mass is 32.2. The van der Waals surface area contributed by atoms with Gasteiger partial charge < -0.3 is 10.3 Å². The summed E-state index contributed by atoms with van der Waals surface area (Å²) in [6, 6.07) is 18.6. The monoisotopic (exact) mass is 633 g/mol. The van der Waals surface area contributed by atoms with Gasteiger partial charge in [0.25, 0.3) is 5.91 Å². The lowest BCUT2D eigenvalue weighted by Crippen LogP contribution is -2.21. The quantitative estimate of drug-likeness (QED) is 0.180. The van der Waals surface area contributed by atoms with Gasteiger partial charge in [-0.05, 0) is 54.1 Å². The third-order valence-electron chi connectivity index (χ3n) is 7.17. The van der Waals surface area contributed by atoms with E-state index in [-0.39, 0.29) is 12.5 Å². The molecule has 0 atom stereocenters. The molecule has 12 nitrogen and oxygen atoms in total. The minimum absolute atomic E-state index is 0.0706. The molecule has 2 aromatic carbocycles. The van der Waals surface area contributed by atoms with Crippen molar-refractivity contribution in [1.29, 1.82) is 0 Å². The molecule has 5 heterocycles. The summed E-state index contributed by atoms with van der Waals surface area (Å²) in [5.74, 6) is -0.335. The topological polar surface area (TPSA) is 171 Å². The van der Waals surface area contributed by atoms with Crippen molar-refractivity contribution < 1.29 is 17.6 Å². The Morgan fingerprint density at radius 1 is 0.913 bits per heavy atom. The van der Waals surface area contributed by atoms with E-state index in [0.717, 1.165) is 11.6 Å². The molecule has 0 fully saturated rings. The van der Waals surface area contributed by atoms with Crippen LogP contribution in [-0.4, -0.2) is 55.7 Å². The summed E-state index contributed by atoms with van der Waals surface area (Å²) in [6.45, 7) is -0.0706. The first kappa shape index (κ1) is 28.9. The number of fused-ring (bicyclic) bond motifs is 2. The molecule has 4 N–H and O–H groups in total. The van der Waals surface area contributed by atoms with Crippen molar-refractivity contribution >= 4 is 43.6 Å². The van der Waals surface area contributed by atoms with Crippen molar-refractivity contribution in [2.45, 2.75) is 6.54 Å². The van der Waals surface area contributed by atoms with Gasteiger partial charge in [0.05, 0.1) is 46.8 Å². The zero-order valence-corrected chi connectivity index (χ0v) is 24.9. The number of hydrogen-bond donors (Lipinski definition) is 4. The van der Waals surface area contributed by atoms with E-state index in [1.807, 2.05) is 12.1 Å². The molecule has 0 saturated carbocycles. The molecule has 228 valence electrons. The van der Waals surface area contributed by atoms with E-state index in [0.29, 0.717) is 67.4 Å². The molecule has 7 rings (SSSR count). The Bertz CT molecular complexity index is 2370. The molecule has 0 aliphatic heterocycles. The fourth-order valence-corrected chi connectivity index (χ4v) is 5.49. The Labute approximate surface area is 261 Å². The maximum atomic E-state index is 14.6. The van der Waals surface area contributed by atoms with Gasteiger partial charge in [0.2, 0.25) is 10.0 Å². The van der Waals surface area contributed by atoms with Crippen molar-refractivity contribution in [1.82, 2.24) is 39.8 Å². The van der Waals surface area contributed by atoms with Crippen LogP contribution in [0.4, 0.5) is 10.1 Å². The van der Waals surface area contributed by atoms with Crippen molar-refractivity contribution in [3.8, 4) is 34.0 Å². The molecule has 46 heavy (non-hydrogen) atoms. The summed E-state index contributed by atoms with van der Waals surface area (Å²) in [5.41, 5.74) is 5.97. The highest BCUT2D eigenvalue weighted by Crippen LogP contribution is 2.32. The number of imidazole rings is 1. The van der Waals surface area contributed by atoms with Crippen LogP contribution in [0.5, 0.6) is 0 Å². The molecule has 0 aliphatic rings. The van der Waals surface area contributed by atoms with Gasteiger partial charge in [0.1, 0.15) is 17.0 Å². The Kier molecular flexibility index (Phi) is 7.27. The molecule has 14 heteroatoms. The molecule has 5 aromatic heterocycles. The number of carbonyl (C=O) groups excluding carboxylic acids is 1. The van der Waals surface area contributed by atoms with Crippen LogP contribution in [0.2, 0.25) is 0 Å². The second-order valence-corrected chi connectivity index (χ2v) is 12.4. The average molecular weight is 634 g/mol. The first-order valence-electron chi connectivity index (χ1n) is 14.0. The number of rotatable bonds is 8. The molecule has 0 radical (unpaired) electrons. The van der Waals surface area contributed by atoms with Crippen LogP contribution in [0.25, 0.3) is 56.0 Å². The van der Waals surface area contributed by atoms with Gasteiger partial charge in [0, 0.05) is 41.0 Å². The highest BCUT2D eigenvalue weighted by Gasteiger charge is 2.18. The van der Waals surface area contributed by atoms with Gasteiger partial charge in [0.15, 0.2) is 5.82 Å². The van der Waals surface area contributed by atoms with Gasteiger partial charge in [-0.15, -0.1) is 0 Å². The summed E-state index contributed by atoms with van der Waals surface area (Å²) in [6.07, 6.45) is 7.50. The number of pyridine rings is 3. The van der Waals surface area contributed by atoms with Crippen molar-refractivity contribution in [2.75, 3.05) is 11.6 Å². The van der Waals surface area contributed by atoms with Crippen LogP contribution >= 0.6 is 0 Å². The number of nitrogens with one attached hydrogen (secondary N) is 4. The zero-order valence-electron chi connectivity index (χ0n) is 24.1. The lowest BCUT2D eigenvalue weighted by Gasteiger charge is -2.07. The van der Waals surface area contributed by atoms with Crippen LogP contribution in [0.1, 0.15) is 15.9 Å². The number of halogens is 1. The van der Waals surface area contributed by atoms with Gasteiger partial charge in [-0.25, -0.2) is 22.5 Å². The smallest absolute Gasteiger partial charge is 0.255 e. The third-order valence-corrected chi connectivity index (χ3v) is 7.84.